The van der Waals surface area contributed by atoms with Gasteiger partial charge in [0.1, 0.15) is 0 Å². The van der Waals surface area contributed by atoms with Gasteiger partial charge in [-0.05, 0) is 97.7 Å². The van der Waals surface area contributed by atoms with Crippen LogP contribution in [0.5, 0.6) is 0 Å². The van der Waals surface area contributed by atoms with Crippen molar-refractivity contribution in [1.82, 2.24) is 10.6 Å². The van der Waals surface area contributed by atoms with Gasteiger partial charge in [0, 0.05) is 13.0 Å². The Morgan fingerprint density at radius 3 is 2.38 bits per heavy atom. The lowest BCUT2D eigenvalue weighted by Gasteiger charge is -2.63. The van der Waals surface area contributed by atoms with Crippen LogP contribution in [0.4, 0.5) is 0 Å². The number of fused-ring (bicyclic) bond motifs is 5. The van der Waals surface area contributed by atoms with E-state index in [0.29, 0.717) is 12.8 Å². The highest BCUT2D eigenvalue weighted by molar-refractivity contribution is 7.85. The molecule has 39 heavy (non-hydrogen) atoms. The maximum absolute atomic E-state index is 12.4. The van der Waals surface area contributed by atoms with Gasteiger partial charge in [0.2, 0.25) is 11.8 Å². The molecule has 4 saturated carbocycles. The first kappa shape index (κ1) is 30.7. The molecule has 0 aromatic heterocycles. The maximum atomic E-state index is 12.4. The third-order valence-corrected chi connectivity index (χ3v) is 12.2. The highest BCUT2D eigenvalue weighted by Crippen LogP contribution is 2.68. The number of nitrogens with one attached hydrogen (secondary N) is 2. The molecule has 0 saturated heterocycles. The first-order valence-corrected chi connectivity index (χ1v) is 16.3. The van der Waals surface area contributed by atoms with Crippen molar-refractivity contribution in [1.29, 1.82) is 0 Å². The minimum absolute atomic E-state index is 0.0336. The fourth-order valence-corrected chi connectivity index (χ4v) is 9.70. The molecule has 10 nitrogen and oxygen atoms in total. The summed E-state index contributed by atoms with van der Waals surface area (Å²) in [6, 6.07) is 0. The van der Waals surface area contributed by atoms with Crippen molar-refractivity contribution in [2.45, 2.75) is 96.9 Å². The molecule has 4 fully saturated rings. The highest BCUT2D eigenvalue weighted by Gasteiger charge is 2.65. The lowest BCUT2D eigenvalue weighted by Crippen LogP contribution is -2.62. The molecular formula is C28H48N2O8S. The Morgan fingerprint density at radius 2 is 1.69 bits per heavy atom. The Morgan fingerprint density at radius 1 is 0.974 bits per heavy atom. The summed E-state index contributed by atoms with van der Waals surface area (Å²) in [5.41, 5.74) is -0.297. The van der Waals surface area contributed by atoms with Crippen molar-refractivity contribution in [3.8, 4) is 0 Å². The van der Waals surface area contributed by atoms with Crippen LogP contribution in [0.15, 0.2) is 0 Å². The first-order valence-electron chi connectivity index (χ1n) is 14.7. The molecule has 0 radical (unpaired) electrons. The summed E-state index contributed by atoms with van der Waals surface area (Å²) in [5.74, 6) is -0.0801. The second-order valence-electron chi connectivity index (χ2n) is 13.5. The van der Waals surface area contributed by atoms with Crippen LogP contribution in [0.3, 0.4) is 0 Å². The Hall–Kier alpha value is -1.27. The summed E-state index contributed by atoms with van der Waals surface area (Å²) in [6.07, 6.45) is 5.44. The van der Waals surface area contributed by atoms with Crippen molar-refractivity contribution in [3.63, 3.8) is 0 Å². The molecule has 11 heteroatoms. The van der Waals surface area contributed by atoms with E-state index in [9.17, 15) is 33.3 Å². The monoisotopic (exact) mass is 572 g/mol. The smallest absolute Gasteiger partial charge is 0.266 e. The summed E-state index contributed by atoms with van der Waals surface area (Å²) in [5, 5.41) is 38.3. The van der Waals surface area contributed by atoms with E-state index in [4.69, 9.17) is 4.55 Å². The minimum atomic E-state index is -4.16. The average Bonchev–Trinajstić information content (AvgIpc) is 3.20. The number of aliphatic hydroxyl groups excluding tert-OH is 3. The topological polar surface area (TPSA) is 173 Å². The number of aliphatic hydroxyl groups is 3. The average molecular weight is 573 g/mol. The van der Waals surface area contributed by atoms with Gasteiger partial charge in [-0.1, -0.05) is 20.8 Å². The molecule has 2 amide bonds. The molecule has 11 atom stereocenters. The van der Waals surface area contributed by atoms with Crippen molar-refractivity contribution in [2.75, 3.05) is 18.8 Å². The predicted molar refractivity (Wildman–Crippen MR) is 145 cm³/mol. The molecule has 4 aliphatic rings. The molecule has 0 aromatic carbocycles. The van der Waals surface area contributed by atoms with Crippen molar-refractivity contribution >= 4 is 21.9 Å². The van der Waals surface area contributed by atoms with Crippen LogP contribution in [0.25, 0.3) is 0 Å². The Labute approximate surface area is 232 Å². The Kier molecular flexibility index (Phi) is 9.08. The second kappa shape index (κ2) is 11.5. The van der Waals surface area contributed by atoms with E-state index >= 15 is 0 Å². The van der Waals surface area contributed by atoms with Crippen LogP contribution in [0, 0.1) is 46.3 Å². The Balaban J connectivity index is 1.33. The Bertz CT molecular complexity index is 1020. The van der Waals surface area contributed by atoms with Crippen LogP contribution in [0.2, 0.25) is 0 Å². The van der Waals surface area contributed by atoms with E-state index < -0.39 is 34.0 Å². The van der Waals surface area contributed by atoms with E-state index in [2.05, 4.69) is 31.4 Å². The van der Waals surface area contributed by atoms with Gasteiger partial charge in [-0.15, -0.1) is 0 Å². The van der Waals surface area contributed by atoms with Gasteiger partial charge in [0.25, 0.3) is 10.1 Å². The molecule has 0 aromatic rings. The maximum Gasteiger partial charge on any atom is 0.266 e. The molecule has 0 spiro atoms. The van der Waals surface area contributed by atoms with E-state index in [-0.39, 0.29) is 77.9 Å². The SMILES string of the molecule is C[C@H](CCC(=O)NCC(=O)NCCS(=O)(=O)O)[C@H]1CCC2C3C(C[C@H](O)[C@@]21C)[C@@]1(C)CC[C@@H](O)C[C@H]1C[C@H]3O. The summed E-state index contributed by atoms with van der Waals surface area (Å²) < 4.78 is 30.2. The van der Waals surface area contributed by atoms with E-state index in [1.807, 2.05) is 0 Å². The molecule has 6 N–H and O–H groups in total. The largest absolute Gasteiger partial charge is 0.393 e. The predicted octanol–water partition coefficient (Wildman–Crippen LogP) is 1.48. The summed E-state index contributed by atoms with van der Waals surface area (Å²) in [4.78, 5) is 24.2. The molecule has 3 unspecified atom stereocenters. The standard InChI is InChI=1S/C28H48N2O8S/c1-16(4-7-24(34)30-15-25(35)29-10-11-39(36,37)38)19-5-6-20-26-21(14-23(33)28(19,20)3)27(2)9-8-18(31)12-17(27)13-22(26)32/h16-23,26,31-33H,4-15H2,1-3H3,(H,29,35)(H,30,34)(H,36,37,38)/t16-,17+,18-,19-,20?,21?,22-,23+,26?,27+,28-/m1/s1. The van der Waals surface area contributed by atoms with Crippen LogP contribution in [0.1, 0.15) is 78.6 Å². The molecule has 224 valence electrons. The van der Waals surface area contributed by atoms with Crippen molar-refractivity contribution < 1.29 is 37.9 Å². The lowest BCUT2D eigenvalue weighted by molar-refractivity contribution is -0.207. The minimum Gasteiger partial charge on any atom is -0.393 e. The normalized spacial score (nSPS) is 42.5. The number of carbonyl (C=O) groups excluding carboxylic acids is 2. The zero-order chi connectivity index (χ0) is 28.8. The van der Waals surface area contributed by atoms with Gasteiger partial charge < -0.3 is 26.0 Å². The fraction of sp³-hybridized carbons (Fsp3) is 0.929. The van der Waals surface area contributed by atoms with Gasteiger partial charge in [-0.25, -0.2) is 0 Å². The number of hydrogen-bond donors (Lipinski definition) is 6. The number of hydrogen-bond acceptors (Lipinski definition) is 7. The third kappa shape index (κ3) is 6.17. The van der Waals surface area contributed by atoms with E-state index in [0.717, 1.165) is 38.5 Å². The second-order valence-corrected chi connectivity index (χ2v) is 15.0. The van der Waals surface area contributed by atoms with Gasteiger partial charge >= 0.3 is 0 Å². The van der Waals surface area contributed by atoms with Gasteiger partial charge in [0.15, 0.2) is 0 Å². The summed E-state index contributed by atoms with van der Waals surface area (Å²) in [7, 11) is -4.16. The number of carbonyl (C=O) groups is 2. The molecular weight excluding hydrogens is 524 g/mol. The summed E-state index contributed by atoms with van der Waals surface area (Å²) >= 11 is 0. The molecule has 0 aliphatic heterocycles. The fourth-order valence-electron chi connectivity index (χ4n) is 9.34. The van der Waals surface area contributed by atoms with Gasteiger partial charge in [-0.3, -0.25) is 14.1 Å². The molecule has 4 rings (SSSR count). The number of amides is 2. The quantitative estimate of drug-likeness (QED) is 0.225. The lowest BCUT2D eigenvalue weighted by atomic mass is 9.43. The van der Waals surface area contributed by atoms with Gasteiger partial charge in [0.05, 0.1) is 30.6 Å². The highest BCUT2D eigenvalue weighted by atomic mass is 32.2. The summed E-state index contributed by atoms with van der Waals surface area (Å²) in [6.45, 7) is 6.15. The van der Waals surface area contributed by atoms with Crippen LogP contribution in [-0.4, -0.2) is 77.3 Å². The third-order valence-electron chi connectivity index (χ3n) is 11.5. The first-order chi connectivity index (χ1) is 18.2. The van der Waals surface area contributed by atoms with E-state index in [1.165, 1.54) is 0 Å². The van der Waals surface area contributed by atoms with Crippen molar-refractivity contribution in [3.05, 3.63) is 0 Å². The molecule has 0 heterocycles. The molecule has 4 aliphatic carbocycles. The number of rotatable bonds is 9. The van der Waals surface area contributed by atoms with Crippen LogP contribution in [-0.2, 0) is 19.7 Å². The van der Waals surface area contributed by atoms with E-state index in [1.54, 1.807) is 0 Å². The zero-order valence-electron chi connectivity index (χ0n) is 23.5. The van der Waals surface area contributed by atoms with Crippen LogP contribution < -0.4 is 10.6 Å². The van der Waals surface area contributed by atoms with Crippen molar-refractivity contribution in [2.24, 2.45) is 46.3 Å². The van der Waals surface area contributed by atoms with Gasteiger partial charge in [-0.2, -0.15) is 8.42 Å². The zero-order valence-corrected chi connectivity index (χ0v) is 24.3. The molecule has 0 bridgehead atoms. The van der Waals surface area contributed by atoms with Crippen LogP contribution >= 0.6 is 0 Å².